The molecule has 5 heteroatoms. The summed E-state index contributed by atoms with van der Waals surface area (Å²) in [5.41, 5.74) is 9.51. The molecular formula is C26H28N2O2S. The number of carbonyl (C=O) groups is 2. The van der Waals surface area contributed by atoms with Crippen molar-refractivity contribution in [3.8, 4) is 0 Å². The summed E-state index contributed by atoms with van der Waals surface area (Å²) >= 11 is 1.53. The predicted octanol–water partition coefficient (Wildman–Crippen LogP) is 5.67. The van der Waals surface area contributed by atoms with Crippen LogP contribution in [0.3, 0.4) is 0 Å². The smallest absolute Gasteiger partial charge is 0.251 e. The summed E-state index contributed by atoms with van der Waals surface area (Å²) in [6, 6.07) is 20.1. The van der Waals surface area contributed by atoms with Gasteiger partial charge in [-0.1, -0.05) is 73.5 Å². The van der Waals surface area contributed by atoms with Crippen molar-refractivity contribution in [1.82, 2.24) is 0 Å². The first-order chi connectivity index (χ1) is 15.1. The Morgan fingerprint density at radius 2 is 1.45 bits per heavy atom. The fraction of sp³-hybridized carbons (Fsp3) is 0.308. The number of aryl methyl sites for hydroxylation is 1. The van der Waals surface area contributed by atoms with E-state index in [-0.39, 0.29) is 11.8 Å². The quantitative estimate of drug-likeness (QED) is 0.527. The minimum Gasteiger partial charge on any atom is -0.365 e. The SMILES string of the molecule is NC(=O)c1c(NC(=O)CC(c2ccccc2)c2ccccc2)sc2c1CCCCCC2. The number of amides is 2. The van der Waals surface area contributed by atoms with Gasteiger partial charge in [-0.25, -0.2) is 0 Å². The molecule has 160 valence electrons. The largest absolute Gasteiger partial charge is 0.365 e. The summed E-state index contributed by atoms with van der Waals surface area (Å²) in [5, 5.41) is 3.65. The third kappa shape index (κ3) is 5.05. The Morgan fingerprint density at radius 3 is 2.03 bits per heavy atom. The van der Waals surface area contributed by atoms with Gasteiger partial charge in [0.2, 0.25) is 5.91 Å². The van der Waals surface area contributed by atoms with Crippen molar-refractivity contribution >= 4 is 28.2 Å². The molecule has 0 radical (unpaired) electrons. The lowest BCUT2D eigenvalue weighted by molar-refractivity contribution is -0.116. The topological polar surface area (TPSA) is 72.2 Å². The predicted molar refractivity (Wildman–Crippen MR) is 127 cm³/mol. The van der Waals surface area contributed by atoms with Crippen molar-refractivity contribution in [3.63, 3.8) is 0 Å². The van der Waals surface area contributed by atoms with Crippen LogP contribution in [0.5, 0.6) is 0 Å². The van der Waals surface area contributed by atoms with Gasteiger partial charge in [0.1, 0.15) is 5.00 Å². The number of primary amides is 1. The van der Waals surface area contributed by atoms with E-state index in [2.05, 4.69) is 29.6 Å². The van der Waals surface area contributed by atoms with Crippen LogP contribution in [0.25, 0.3) is 0 Å². The molecule has 1 aromatic heterocycles. The highest BCUT2D eigenvalue weighted by Gasteiger charge is 2.25. The lowest BCUT2D eigenvalue weighted by atomic mass is 9.88. The first-order valence-corrected chi connectivity index (χ1v) is 11.8. The van der Waals surface area contributed by atoms with Gasteiger partial charge in [-0.2, -0.15) is 0 Å². The van der Waals surface area contributed by atoms with E-state index < -0.39 is 5.91 Å². The minimum absolute atomic E-state index is 0.0552. The fourth-order valence-electron chi connectivity index (χ4n) is 4.43. The number of anilines is 1. The van der Waals surface area contributed by atoms with E-state index in [4.69, 9.17) is 5.73 Å². The maximum absolute atomic E-state index is 13.1. The Hall–Kier alpha value is -2.92. The fourth-order valence-corrected chi connectivity index (χ4v) is 5.74. The molecule has 0 aliphatic heterocycles. The molecule has 3 N–H and O–H groups in total. The van der Waals surface area contributed by atoms with Crippen LogP contribution in [0, 0.1) is 0 Å². The zero-order chi connectivity index (χ0) is 21.6. The van der Waals surface area contributed by atoms with E-state index in [1.54, 1.807) is 0 Å². The average Bonchev–Trinajstić information content (AvgIpc) is 3.09. The molecule has 0 fully saturated rings. The van der Waals surface area contributed by atoms with Crippen molar-refractivity contribution in [2.45, 2.75) is 50.9 Å². The molecule has 1 heterocycles. The van der Waals surface area contributed by atoms with Gasteiger partial charge in [0.15, 0.2) is 0 Å². The van der Waals surface area contributed by atoms with Gasteiger partial charge in [-0.05, 0) is 42.4 Å². The molecule has 1 aliphatic rings. The van der Waals surface area contributed by atoms with Gasteiger partial charge in [-0.15, -0.1) is 11.3 Å². The zero-order valence-corrected chi connectivity index (χ0v) is 18.4. The summed E-state index contributed by atoms with van der Waals surface area (Å²) in [4.78, 5) is 26.6. The molecule has 3 aromatic rings. The van der Waals surface area contributed by atoms with Crippen molar-refractivity contribution in [2.75, 3.05) is 5.32 Å². The Morgan fingerprint density at radius 1 is 0.871 bits per heavy atom. The lowest BCUT2D eigenvalue weighted by Gasteiger charge is -2.18. The third-order valence-corrected chi connectivity index (χ3v) is 7.17. The highest BCUT2D eigenvalue weighted by molar-refractivity contribution is 7.17. The summed E-state index contributed by atoms with van der Waals surface area (Å²) < 4.78 is 0. The van der Waals surface area contributed by atoms with Gasteiger partial charge >= 0.3 is 0 Å². The summed E-state index contributed by atoms with van der Waals surface area (Å²) in [7, 11) is 0. The third-order valence-electron chi connectivity index (χ3n) is 5.96. The number of rotatable bonds is 6. The standard InChI is InChI=1S/C26H28N2O2S/c27-25(30)24-20-15-9-1-2-10-16-22(20)31-26(24)28-23(29)17-21(18-11-5-3-6-12-18)19-13-7-4-8-14-19/h3-8,11-14,21H,1-2,9-10,15-17H2,(H2,27,30)(H,28,29). The first-order valence-electron chi connectivity index (χ1n) is 11.0. The normalized spacial score (nSPS) is 13.8. The van der Waals surface area contributed by atoms with Gasteiger partial charge in [-0.3, -0.25) is 9.59 Å². The molecule has 0 bridgehead atoms. The Balaban J connectivity index is 1.60. The highest BCUT2D eigenvalue weighted by Crippen LogP contribution is 2.37. The molecule has 31 heavy (non-hydrogen) atoms. The molecule has 0 atom stereocenters. The minimum atomic E-state index is -0.448. The Kier molecular flexibility index (Phi) is 6.82. The number of benzene rings is 2. The molecule has 4 nitrogen and oxygen atoms in total. The van der Waals surface area contributed by atoms with Gasteiger partial charge in [0.25, 0.3) is 5.91 Å². The number of carbonyl (C=O) groups excluding carboxylic acids is 2. The van der Waals surface area contributed by atoms with Crippen LogP contribution in [0.2, 0.25) is 0 Å². The molecule has 4 rings (SSSR count). The van der Waals surface area contributed by atoms with Crippen LogP contribution in [0.4, 0.5) is 5.00 Å². The van der Waals surface area contributed by atoms with Crippen LogP contribution in [0.15, 0.2) is 60.7 Å². The summed E-state index contributed by atoms with van der Waals surface area (Å²) in [6.45, 7) is 0. The van der Waals surface area contributed by atoms with Gasteiger partial charge < -0.3 is 11.1 Å². The molecule has 0 unspecified atom stereocenters. The summed E-state index contributed by atoms with van der Waals surface area (Å²) in [6.07, 6.45) is 6.66. The van der Waals surface area contributed by atoms with E-state index in [0.717, 1.165) is 42.4 Å². The molecule has 0 saturated carbocycles. The number of nitrogens with two attached hydrogens (primary N) is 1. The second-order valence-electron chi connectivity index (χ2n) is 8.11. The highest BCUT2D eigenvalue weighted by atomic mass is 32.1. The zero-order valence-electron chi connectivity index (χ0n) is 17.6. The van der Waals surface area contributed by atoms with Crippen molar-refractivity contribution in [3.05, 3.63) is 87.8 Å². The molecular weight excluding hydrogens is 404 g/mol. The number of nitrogens with one attached hydrogen (secondary N) is 1. The molecule has 0 spiro atoms. The van der Waals surface area contributed by atoms with Crippen LogP contribution in [-0.2, 0) is 17.6 Å². The van der Waals surface area contributed by atoms with Gasteiger partial charge in [0, 0.05) is 17.2 Å². The molecule has 2 amide bonds. The monoisotopic (exact) mass is 432 g/mol. The van der Waals surface area contributed by atoms with Gasteiger partial charge in [0.05, 0.1) is 5.56 Å². The van der Waals surface area contributed by atoms with Crippen LogP contribution >= 0.6 is 11.3 Å². The molecule has 2 aromatic carbocycles. The summed E-state index contributed by atoms with van der Waals surface area (Å²) in [5.74, 6) is -0.606. The maximum atomic E-state index is 13.1. The van der Waals surface area contributed by atoms with Crippen molar-refractivity contribution in [1.29, 1.82) is 0 Å². The second kappa shape index (κ2) is 9.92. The molecule has 0 saturated heterocycles. The first kappa shape index (κ1) is 21.3. The van der Waals surface area contributed by atoms with Crippen molar-refractivity contribution < 1.29 is 9.59 Å². The van der Waals surface area contributed by atoms with E-state index in [9.17, 15) is 9.59 Å². The maximum Gasteiger partial charge on any atom is 0.251 e. The van der Waals surface area contributed by atoms with Crippen LogP contribution in [-0.4, -0.2) is 11.8 Å². The van der Waals surface area contributed by atoms with E-state index in [1.807, 2.05) is 36.4 Å². The van der Waals surface area contributed by atoms with E-state index >= 15 is 0 Å². The van der Waals surface area contributed by atoms with E-state index in [1.165, 1.54) is 29.1 Å². The Bertz CT molecular complexity index is 1000. The lowest BCUT2D eigenvalue weighted by Crippen LogP contribution is -2.20. The van der Waals surface area contributed by atoms with Crippen molar-refractivity contribution in [2.24, 2.45) is 5.73 Å². The number of fused-ring (bicyclic) bond motifs is 1. The number of thiophene rings is 1. The second-order valence-corrected chi connectivity index (χ2v) is 9.22. The number of hydrogen-bond donors (Lipinski definition) is 2. The van der Waals surface area contributed by atoms with E-state index in [0.29, 0.717) is 17.0 Å². The number of hydrogen-bond acceptors (Lipinski definition) is 3. The average molecular weight is 433 g/mol. The molecule has 1 aliphatic carbocycles. The van der Waals surface area contributed by atoms with Crippen LogP contribution < -0.4 is 11.1 Å². The Labute approximate surface area is 187 Å². The van der Waals surface area contributed by atoms with Crippen LogP contribution in [0.1, 0.15) is 69.9 Å².